The standard InChI is InChI=1S/C16H22N2O4/c1-16(2,3)22-15(21)18-6-4-11(5-7-18)13-8-14(20)12(10-19)9-17-13/h8-11H,4-7H2,1-3H3,(H,17,20). The van der Waals surface area contributed by atoms with Crippen molar-refractivity contribution in [3.05, 3.63) is 33.7 Å². The first-order valence-electron chi connectivity index (χ1n) is 7.46. The van der Waals surface area contributed by atoms with E-state index < -0.39 is 5.60 Å². The Morgan fingerprint density at radius 3 is 2.50 bits per heavy atom. The minimum Gasteiger partial charge on any atom is -0.444 e. The molecule has 0 unspecified atom stereocenters. The number of aromatic nitrogens is 1. The Bertz CT molecular complexity index is 607. The number of pyridine rings is 1. The molecule has 1 amide bonds. The normalized spacial score (nSPS) is 16.4. The van der Waals surface area contributed by atoms with Crippen LogP contribution in [-0.4, -0.2) is 41.0 Å². The molecule has 1 aromatic rings. The van der Waals surface area contributed by atoms with Crippen molar-refractivity contribution in [2.75, 3.05) is 13.1 Å². The second-order valence-corrected chi connectivity index (χ2v) is 6.57. The fraction of sp³-hybridized carbons (Fsp3) is 0.562. The zero-order valence-electron chi connectivity index (χ0n) is 13.2. The van der Waals surface area contributed by atoms with Gasteiger partial charge in [-0.15, -0.1) is 0 Å². The van der Waals surface area contributed by atoms with Gasteiger partial charge in [-0.25, -0.2) is 4.79 Å². The summed E-state index contributed by atoms with van der Waals surface area (Å²) in [5.41, 5.74) is 0.191. The number of carbonyl (C=O) groups is 2. The molecule has 1 aliphatic rings. The fourth-order valence-corrected chi connectivity index (χ4v) is 2.53. The topological polar surface area (TPSA) is 79.5 Å². The predicted octanol–water partition coefficient (Wildman–Crippen LogP) is 2.30. The minimum atomic E-state index is -0.496. The van der Waals surface area contributed by atoms with Gasteiger partial charge in [-0.3, -0.25) is 9.59 Å². The number of carbonyl (C=O) groups excluding carboxylic acids is 2. The van der Waals surface area contributed by atoms with Gasteiger partial charge in [0.05, 0.1) is 5.56 Å². The number of piperidine rings is 1. The van der Waals surface area contributed by atoms with Crippen molar-refractivity contribution >= 4 is 12.4 Å². The Hall–Kier alpha value is -2.11. The number of amides is 1. The molecular weight excluding hydrogens is 284 g/mol. The van der Waals surface area contributed by atoms with Crippen LogP contribution in [0.5, 0.6) is 0 Å². The highest BCUT2D eigenvalue weighted by Gasteiger charge is 2.27. The summed E-state index contributed by atoms with van der Waals surface area (Å²) in [4.78, 5) is 39.1. The number of nitrogens with zero attached hydrogens (tertiary/aromatic N) is 1. The first-order chi connectivity index (χ1) is 10.3. The molecule has 0 aromatic carbocycles. The number of nitrogens with one attached hydrogen (secondary N) is 1. The van der Waals surface area contributed by atoms with Gasteiger partial charge in [-0.2, -0.15) is 0 Å². The van der Waals surface area contributed by atoms with Crippen molar-refractivity contribution in [2.45, 2.75) is 45.1 Å². The summed E-state index contributed by atoms with van der Waals surface area (Å²) in [5, 5.41) is 0. The molecule has 22 heavy (non-hydrogen) atoms. The van der Waals surface area contributed by atoms with Crippen LogP contribution >= 0.6 is 0 Å². The zero-order valence-corrected chi connectivity index (χ0v) is 13.2. The molecule has 1 aliphatic heterocycles. The molecule has 1 fully saturated rings. The largest absolute Gasteiger partial charge is 0.444 e. The Labute approximate surface area is 129 Å². The van der Waals surface area contributed by atoms with E-state index in [1.807, 2.05) is 20.8 Å². The van der Waals surface area contributed by atoms with Crippen molar-refractivity contribution in [1.29, 1.82) is 0 Å². The monoisotopic (exact) mass is 306 g/mol. The zero-order chi connectivity index (χ0) is 16.3. The van der Waals surface area contributed by atoms with E-state index in [9.17, 15) is 14.4 Å². The molecule has 0 saturated carbocycles. The Morgan fingerprint density at radius 2 is 2.00 bits per heavy atom. The summed E-state index contributed by atoms with van der Waals surface area (Å²) in [7, 11) is 0. The molecule has 2 rings (SSSR count). The number of rotatable bonds is 2. The number of aromatic amines is 1. The molecule has 1 N–H and O–H groups in total. The lowest BCUT2D eigenvalue weighted by Crippen LogP contribution is -2.41. The number of H-pyrrole nitrogens is 1. The predicted molar refractivity (Wildman–Crippen MR) is 82.2 cm³/mol. The lowest BCUT2D eigenvalue weighted by molar-refractivity contribution is 0.0204. The summed E-state index contributed by atoms with van der Waals surface area (Å²) in [6.07, 6.45) is 3.22. The molecule has 0 radical (unpaired) electrons. The van der Waals surface area contributed by atoms with Gasteiger partial charge in [0.15, 0.2) is 11.7 Å². The molecule has 2 heterocycles. The van der Waals surface area contributed by atoms with Gasteiger partial charge >= 0.3 is 6.09 Å². The number of hydrogen-bond donors (Lipinski definition) is 1. The van der Waals surface area contributed by atoms with Crippen LogP contribution in [-0.2, 0) is 4.74 Å². The summed E-state index contributed by atoms with van der Waals surface area (Å²) in [6, 6.07) is 1.48. The maximum Gasteiger partial charge on any atom is 0.410 e. The minimum absolute atomic E-state index is 0.134. The summed E-state index contributed by atoms with van der Waals surface area (Å²) in [5.74, 6) is 0.187. The lowest BCUT2D eigenvalue weighted by atomic mass is 9.93. The van der Waals surface area contributed by atoms with E-state index in [1.54, 1.807) is 4.90 Å². The molecule has 1 saturated heterocycles. The Balaban J connectivity index is 1.97. The van der Waals surface area contributed by atoms with Crippen LogP contribution in [0.4, 0.5) is 4.79 Å². The lowest BCUT2D eigenvalue weighted by Gasteiger charge is -2.33. The van der Waals surface area contributed by atoms with Crippen molar-refractivity contribution in [3.63, 3.8) is 0 Å². The van der Waals surface area contributed by atoms with E-state index in [1.165, 1.54) is 12.3 Å². The van der Waals surface area contributed by atoms with Gasteiger partial charge < -0.3 is 14.6 Å². The molecule has 1 aromatic heterocycles. The average Bonchev–Trinajstić information content (AvgIpc) is 2.45. The molecule has 6 nitrogen and oxygen atoms in total. The van der Waals surface area contributed by atoms with Gasteiger partial charge in [0.1, 0.15) is 5.60 Å². The third-order valence-electron chi connectivity index (χ3n) is 3.68. The molecule has 0 aliphatic carbocycles. The summed E-state index contributed by atoms with van der Waals surface area (Å²) in [6.45, 7) is 6.72. The first kappa shape index (κ1) is 16.3. The SMILES string of the molecule is CC(C)(C)OC(=O)N1CCC(c2cc(=O)c(C=O)c[nH]2)CC1. The van der Waals surface area contributed by atoms with Crippen LogP contribution in [0.1, 0.15) is 55.6 Å². The molecule has 0 bridgehead atoms. The molecule has 6 heteroatoms. The van der Waals surface area contributed by atoms with Crippen LogP contribution in [0.2, 0.25) is 0 Å². The van der Waals surface area contributed by atoms with E-state index in [-0.39, 0.29) is 23.0 Å². The quantitative estimate of drug-likeness (QED) is 0.850. The van der Waals surface area contributed by atoms with E-state index >= 15 is 0 Å². The average molecular weight is 306 g/mol. The van der Waals surface area contributed by atoms with Gasteiger partial charge in [0, 0.05) is 37.0 Å². The second-order valence-electron chi connectivity index (χ2n) is 6.57. The van der Waals surface area contributed by atoms with Crippen molar-refractivity contribution in [1.82, 2.24) is 9.88 Å². The molecular formula is C16H22N2O4. The molecule has 0 spiro atoms. The van der Waals surface area contributed by atoms with E-state index in [0.717, 1.165) is 18.5 Å². The van der Waals surface area contributed by atoms with Crippen LogP contribution in [0.15, 0.2) is 17.1 Å². The smallest absolute Gasteiger partial charge is 0.410 e. The van der Waals surface area contributed by atoms with Gasteiger partial charge in [-0.1, -0.05) is 0 Å². The number of aldehydes is 1. The number of ether oxygens (including phenoxy) is 1. The number of likely N-dealkylation sites (tertiary alicyclic amines) is 1. The van der Waals surface area contributed by atoms with E-state index in [2.05, 4.69) is 4.98 Å². The third-order valence-corrected chi connectivity index (χ3v) is 3.68. The van der Waals surface area contributed by atoms with Gasteiger partial charge in [0.2, 0.25) is 0 Å². The molecule has 0 atom stereocenters. The second kappa shape index (κ2) is 6.34. The molecule has 120 valence electrons. The van der Waals surface area contributed by atoms with Crippen LogP contribution in [0, 0.1) is 0 Å². The van der Waals surface area contributed by atoms with Crippen molar-refractivity contribution in [3.8, 4) is 0 Å². The van der Waals surface area contributed by atoms with Gasteiger partial charge in [-0.05, 0) is 33.6 Å². The Morgan fingerprint density at radius 1 is 1.36 bits per heavy atom. The Kier molecular flexibility index (Phi) is 4.68. The van der Waals surface area contributed by atoms with Crippen LogP contribution in [0.3, 0.4) is 0 Å². The van der Waals surface area contributed by atoms with Crippen LogP contribution < -0.4 is 5.43 Å². The first-order valence-corrected chi connectivity index (χ1v) is 7.46. The maximum atomic E-state index is 12.0. The van der Waals surface area contributed by atoms with Crippen molar-refractivity contribution in [2.24, 2.45) is 0 Å². The highest BCUT2D eigenvalue weighted by molar-refractivity contribution is 5.73. The van der Waals surface area contributed by atoms with Crippen molar-refractivity contribution < 1.29 is 14.3 Å². The highest BCUT2D eigenvalue weighted by Crippen LogP contribution is 2.26. The third kappa shape index (κ3) is 3.96. The van der Waals surface area contributed by atoms with Gasteiger partial charge in [0.25, 0.3) is 0 Å². The number of hydrogen-bond acceptors (Lipinski definition) is 4. The van der Waals surface area contributed by atoms with Crippen LogP contribution in [0.25, 0.3) is 0 Å². The van der Waals surface area contributed by atoms with E-state index in [0.29, 0.717) is 19.4 Å². The highest BCUT2D eigenvalue weighted by atomic mass is 16.6. The fourth-order valence-electron chi connectivity index (χ4n) is 2.53. The summed E-state index contributed by atoms with van der Waals surface area (Å²) < 4.78 is 5.36. The van der Waals surface area contributed by atoms with E-state index in [4.69, 9.17) is 4.74 Å². The summed E-state index contributed by atoms with van der Waals surface area (Å²) >= 11 is 0. The maximum absolute atomic E-state index is 12.0.